The molecule has 2 atom stereocenters. The van der Waals surface area contributed by atoms with E-state index in [-0.39, 0.29) is 11.9 Å². The first-order valence-corrected chi connectivity index (χ1v) is 7.91. The number of aliphatic carboxylic acids is 1. The zero-order valence-corrected chi connectivity index (χ0v) is 12.1. The number of carboxylic acid groups (broad SMARTS) is 1. The monoisotopic (exact) mass is 282 g/mol. The molecule has 0 bridgehead atoms. The minimum absolute atomic E-state index is 0.00931. The van der Waals surface area contributed by atoms with Crippen molar-refractivity contribution in [1.29, 1.82) is 0 Å². The molecule has 2 aliphatic rings. The highest BCUT2D eigenvalue weighted by Gasteiger charge is 2.30. The molecule has 0 aromatic carbocycles. The molecule has 114 valence electrons. The van der Waals surface area contributed by atoms with Crippen LogP contribution in [-0.4, -0.2) is 47.6 Å². The molecule has 2 N–H and O–H groups in total. The third kappa shape index (κ3) is 4.47. The van der Waals surface area contributed by atoms with E-state index in [4.69, 9.17) is 0 Å². The molecule has 0 radical (unpaired) electrons. The molecule has 0 spiro atoms. The van der Waals surface area contributed by atoms with Crippen molar-refractivity contribution in [2.24, 2.45) is 5.92 Å². The minimum Gasteiger partial charge on any atom is -0.481 e. The van der Waals surface area contributed by atoms with Gasteiger partial charge in [0.1, 0.15) is 0 Å². The predicted molar refractivity (Wildman–Crippen MR) is 76.4 cm³/mol. The van der Waals surface area contributed by atoms with Crippen LogP contribution in [0.4, 0.5) is 0 Å². The van der Waals surface area contributed by atoms with E-state index in [9.17, 15) is 14.7 Å². The zero-order chi connectivity index (χ0) is 14.4. The summed E-state index contributed by atoms with van der Waals surface area (Å²) in [4.78, 5) is 25.6. The Bertz CT molecular complexity index is 340. The van der Waals surface area contributed by atoms with E-state index in [2.05, 4.69) is 10.2 Å². The highest BCUT2D eigenvalue weighted by Crippen LogP contribution is 2.24. The highest BCUT2D eigenvalue weighted by atomic mass is 16.4. The van der Waals surface area contributed by atoms with E-state index in [0.717, 1.165) is 45.3 Å². The highest BCUT2D eigenvalue weighted by molar-refractivity contribution is 5.78. The molecule has 2 unspecified atom stereocenters. The maximum atomic E-state index is 12.0. The minimum atomic E-state index is -0.767. The summed E-state index contributed by atoms with van der Waals surface area (Å²) >= 11 is 0. The lowest BCUT2D eigenvalue weighted by Gasteiger charge is -2.23. The van der Waals surface area contributed by atoms with Crippen LogP contribution >= 0.6 is 0 Å². The van der Waals surface area contributed by atoms with Crippen molar-refractivity contribution in [3.63, 3.8) is 0 Å². The standard InChI is InChI=1S/C15H26N2O3/c18-14(8-11-17-9-4-5-10-17)16-13-7-3-1-2-6-12(13)15(19)20/h12-13H,1-11H2,(H,16,18)(H,19,20). The van der Waals surface area contributed by atoms with E-state index in [0.29, 0.717) is 12.8 Å². The maximum absolute atomic E-state index is 12.0. The molecule has 0 aromatic heterocycles. The van der Waals surface area contributed by atoms with E-state index >= 15 is 0 Å². The van der Waals surface area contributed by atoms with Crippen LogP contribution in [0.25, 0.3) is 0 Å². The molecule has 1 saturated heterocycles. The van der Waals surface area contributed by atoms with Crippen LogP contribution in [0, 0.1) is 5.92 Å². The smallest absolute Gasteiger partial charge is 0.308 e. The van der Waals surface area contributed by atoms with Crippen LogP contribution in [-0.2, 0) is 9.59 Å². The third-order valence-corrected chi connectivity index (χ3v) is 4.53. The molecular weight excluding hydrogens is 256 g/mol. The van der Waals surface area contributed by atoms with Crippen LogP contribution in [0.3, 0.4) is 0 Å². The van der Waals surface area contributed by atoms with Crippen LogP contribution in [0.2, 0.25) is 0 Å². The van der Waals surface area contributed by atoms with Crippen LogP contribution in [0.5, 0.6) is 0 Å². The molecule has 0 aromatic rings. The van der Waals surface area contributed by atoms with Gasteiger partial charge in [0, 0.05) is 19.0 Å². The van der Waals surface area contributed by atoms with Crippen molar-refractivity contribution in [1.82, 2.24) is 10.2 Å². The molecule has 1 saturated carbocycles. The Hall–Kier alpha value is -1.10. The second-order valence-corrected chi connectivity index (χ2v) is 6.06. The summed E-state index contributed by atoms with van der Waals surface area (Å²) in [5.41, 5.74) is 0. The molecule has 1 aliphatic carbocycles. The summed E-state index contributed by atoms with van der Waals surface area (Å²) in [5, 5.41) is 12.3. The first kappa shape index (κ1) is 15.3. The van der Waals surface area contributed by atoms with Gasteiger partial charge in [-0.25, -0.2) is 0 Å². The zero-order valence-electron chi connectivity index (χ0n) is 12.1. The summed E-state index contributed by atoms with van der Waals surface area (Å²) in [7, 11) is 0. The number of carbonyl (C=O) groups excluding carboxylic acids is 1. The maximum Gasteiger partial charge on any atom is 0.308 e. The van der Waals surface area contributed by atoms with Gasteiger partial charge >= 0.3 is 5.97 Å². The number of hydrogen-bond acceptors (Lipinski definition) is 3. The number of nitrogens with zero attached hydrogens (tertiary/aromatic N) is 1. The average Bonchev–Trinajstić information content (AvgIpc) is 2.82. The van der Waals surface area contributed by atoms with Crippen molar-refractivity contribution in [3.05, 3.63) is 0 Å². The normalized spacial score (nSPS) is 28.0. The number of hydrogen-bond donors (Lipinski definition) is 2. The van der Waals surface area contributed by atoms with Gasteiger partial charge in [0.25, 0.3) is 0 Å². The van der Waals surface area contributed by atoms with Crippen molar-refractivity contribution in [2.45, 2.75) is 57.4 Å². The Morgan fingerprint density at radius 2 is 1.75 bits per heavy atom. The fraction of sp³-hybridized carbons (Fsp3) is 0.867. The van der Waals surface area contributed by atoms with E-state index < -0.39 is 11.9 Å². The lowest BCUT2D eigenvalue weighted by atomic mass is 9.95. The number of rotatable bonds is 5. The topological polar surface area (TPSA) is 69.6 Å². The van der Waals surface area contributed by atoms with Crippen molar-refractivity contribution < 1.29 is 14.7 Å². The number of carboxylic acids is 1. The van der Waals surface area contributed by atoms with Crippen LogP contribution < -0.4 is 5.32 Å². The molecule has 5 heteroatoms. The molecular formula is C15H26N2O3. The van der Waals surface area contributed by atoms with Gasteiger partial charge < -0.3 is 15.3 Å². The first-order chi connectivity index (χ1) is 9.66. The Morgan fingerprint density at radius 3 is 2.45 bits per heavy atom. The van der Waals surface area contributed by atoms with Crippen LogP contribution in [0.15, 0.2) is 0 Å². The number of carbonyl (C=O) groups is 2. The van der Waals surface area contributed by atoms with Gasteiger partial charge in [0.2, 0.25) is 5.91 Å². The third-order valence-electron chi connectivity index (χ3n) is 4.53. The number of likely N-dealkylation sites (tertiary alicyclic amines) is 1. The van der Waals surface area contributed by atoms with Crippen molar-refractivity contribution >= 4 is 11.9 Å². The molecule has 1 heterocycles. The number of amides is 1. The summed E-state index contributed by atoms with van der Waals surface area (Å²) < 4.78 is 0. The largest absolute Gasteiger partial charge is 0.481 e. The fourth-order valence-electron chi connectivity index (χ4n) is 3.32. The number of nitrogens with one attached hydrogen (secondary N) is 1. The summed E-state index contributed by atoms with van der Waals surface area (Å²) in [6, 6.07) is -0.180. The molecule has 1 amide bonds. The van der Waals surface area contributed by atoms with Crippen LogP contribution in [0.1, 0.15) is 51.4 Å². The second-order valence-electron chi connectivity index (χ2n) is 6.06. The molecule has 5 nitrogen and oxygen atoms in total. The Balaban J connectivity index is 1.79. The van der Waals surface area contributed by atoms with Gasteiger partial charge in [-0.2, -0.15) is 0 Å². The van der Waals surface area contributed by atoms with Gasteiger partial charge in [0.15, 0.2) is 0 Å². The summed E-state index contributed by atoms with van der Waals surface area (Å²) in [6.45, 7) is 2.99. The quantitative estimate of drug-likeness (QED) is 0.752. The summed E-state index contributed by atoms with van der Waals surface area (Å²) in [5.74, 6) is -1.17. The Kier molecular flexibility index (Phi) is 5.83. The lowest BCUT2D eigenvalue weighted by molar-refractivity contribution is -0.143. The molecule has 2 rings (SSSR count). The lowest BCUT2D eigenvalue weighted by Crippen LogP contribution is -2.43. The first-order valence-electron chi connectivity index (χ1n) is 7.91. The summed E-state index contributed by atoms with van der Waals surface area (Å²) in [6.07, 6.45) is 7.47. The van der Waals surface area contributed by atoms with Crippen molar-refractivity contribution in [3.8, 4) is 0 Å². The predicted octanol–water partition coefficient (Wildman–Crippen LogP) is 1.62. The molecule has 2 fully saturated rings. The van der Waals surface area contributed by atoms with Gasteiger partial charge in [0.05, 0.1) is 5.92 Å². The van der Waals surface area contributed by atoms with Gasteiger partial charge in [-0.05, 0) is 38.8 Å². The molecule has 1 aliphatic heterocycles. The van der Waals surface area contributed by atoms with Gasteiger partial charge in [-0.15, -0.1) is 0 Å². The average molecular weight is 282 g/mol. The second kappa shape index (κ2) is 7.62. The SMILES string of the molecule is O=C(CCN1CCCC1)NC1CCCCCC1C(=O)O. The van der Waals surface area contributed by atoms with E-state index in [1.807, 2.05) is 0 Å². The molecule has 20 heavy (non-hydrogen) atoms. The Morgan fingerprint density at radius 1 is 1.05 bits per heavy atom. The van der Waals surface area contributed by atoms with Gasteiger partial charge in [-0.3, -0.25) is 9.59 Å². The fourth-order valence-corrected chi connectivity index (χ4v) is 3.32. The van der Waals surface area contributed by atoms with Gasteiger partial charge in [-0.1, -0.05) is 19.3 Å². The van der Waals surface area contributed by atoms with E-state index in [1.54, 1.807) is 0 Å². The Labute approximate surface area is 120 Å². The van der Waals surface area contributed by atoms with Crippen molar-refractivity contribution in [2.75, 3.05) is 19.6 Å². The van der Waals surface area contributed by atoms with E-state index in [1.165, 1.54) is 12.8 Å².